The zero-order chi connectivity index (χ0) is 31.2. The zero-order valence-electron chi connectivity index (χ0n) is 25.4. The first-order valence-corrected chi connectivity index (χ1v) is 16.7. The molecule has 4 aliphatic heterocycles. The van der Waals surface area contributed by atoms with E-state index in [1.807, 2.05) is 12.1 Å². The number of benzene rings is 3. The highest BCUT2D eigenvalue weighted by Crippen LogP contribution is 2.48. The zero-order valence-corrected chi connectivity index (χ0v) is 26.2. The lowest BCUT2D eigenvalue weighted by Gasteiger charge is -2.34. The molecule has 4 saturated heterocycles. The minimum absolute atomic E-state index is 0.0319. The van der Waals surface area contributed by atoms with E-state index >= 15 is 0 Å². The predicted molar refractivity (Wildman–Crippen MR) is 176 cm³/mol. The fourth-order valence-corrected chi connectivity index (χ4v) is 8.48. The molecule has 10 heteroatoms. The molecule has 0 radical (unpaired) electrons. The molecular formula is C36H35ClFN5O3. The lowest BCUT2D eigenvalue weighted by atomic mass is 9.93. The van der Waals surface area contributed by atoms with Gasteiger partial charge in [-0.1, -0.05) is 23.6 Å². The molecule has 5 aliphatic rings. The van der Waals surface area contributed by atoms with Crippen molar-refractivity contribution in [2.75, 3.05) is 44.3 Å². The van der Waals surface area contributed by atoms with Crippen molar-refractivity contribution in [2.45, 2.75) is 56.3 Å². The maximum Gasteiger partial charge on any atom is 0.318 e. The van der Waals surface area contributed by atoms with E-state index in [1.54, 1.807) is 18.2 Å². The summed E-state index contributed by atoms with van der Waals surface area (Å²) in [7, 11) is 0. The van der Waals surface area contributed by atoms with E-state index < -0.39 is 5.82 Å². The average molecular weight is 640 g/mol. The minimum Gasteiger partial charge on any atom is -0.508 e. The number of nitrogens with zero attached hydrogens (tertiary/aromatic N) is 4. The number of ether oxygens (including phenoxy) is 2. The molecule has 4 atom stereocenters. The van der Waals surface area contributed by atoms with E-state index in [1.165, 1.54) is 6.07 Å². The summed E-state index contributed by atoms with van der Waals surface area (Å²) >= 11 is 7.02. The van der Waals surface area contributed by atoms with Gasteiger partial charge in [-0.2, -0.15) is 9.97 Å². The number of phenolic OH excluding ortho intramolecular Hbond substituents is 1. The molecule has 5 heterocycles. The van der Waals surface area contributed by atoms with Crippen LogP contribution in [0.5, 0.6) is 11.8 Å². The van der Waals surface area contributed by atoms with Gasteiger partial charge in [-0.05, 0) is 73.4 Å². The molecule has 3 aromatic carbocycles. The van der Waals surface area contributed by atoms with Crippen molar-refractivity contribution in [3.8, 4) is 35.2 Å². The Balaban J connectivity index is 1.12. The Morgan fingerprint density at radius 1 is 1.11 bits per heavy atom. The minimum atomic E-state index is -0.504. The van der Waals surface area contributed by atoms with Crippen molar-refractivity contribution in [1.82, 2.24) is 20.2 Å². The third-order valence-electron chi connectivity index (χ3n) is 10.8. The summed E-state index contributed by atoms with van der Waals surface area (Å²) in [4.78, 5) is 14.9. The Labute approximate surface area is 271 Å². The number of hydrogen-bond donors (Lipinski definition) is 2. The third-order valence-corrected chi connectivity index (χ3v) is 11.1. The summed E-state index contributed by atoms with van der Waals surface area (Å²) in [5.41, 5.74) is 2.04. The van der Waals surface area contributed by atoms with E-state index in [0.29, 0.717) is 69.3 Å². The second-order valence-electron chi connectivity index (χ2n) is 13.9. The molecule has 0 amide bonds. The van der Waals surface area contributed by atoms with Crippen LogP contribution in [0.1, 0.15) is 37.7 Å². The summed E-state index contributed by atoms with van der Waals surface area (Å²) in [6, 6.07) is 11.5. The number of terminal acetylenes is 1. The Morgan fingerprint density at radius 2 is 1.93 bits per heavy atom. The van der Waals surface area contributed by atoms with Crippen LogP contribution in [0.15, 0.2) is 36.4 Å². The number of anilines is 1. The van der Waals surface area contributed by atoms with Crippen LogP contribution < -0.4 is 15.0 Å². The number of morpholine rings is 1. The number of hydrogen-bond acceptors (Lipinski definition) is 8. The van der Waals surface area contributed by atoms with E-state index in [2.05, 4.69) is 21.0 Å². The largest absolute Gasteiger partial charge is 0.508 e. The van der Waals surface area contributed by atoms with Gasteiger partial charge in [0.25, 0.3) is 0 Å². The SMILES string of the molecule is C#Cc1c(F)ccc2cc(O)cc(-c3cc4nc(OCC5(CN6C[C@H]7C[C@@H]6CO7)CC5)nc(N5CC6CCC(C5)N6)c4cc3Cl)c12. The first kappa shape index (κ1) is 28.5. The van der Waals surface area contributed by atoms with E-state index in [-0.39, 0.29) is 16.7 Å². The normalized spacial score (nSPS) is 26.2. The molecule has 1 aromatic heterocycles. The number of likely N-dealkylation sites (tertiary alicyclic amines) is 1. The standard InChI is InChI=1S/C36H35ClFN5O3/c1-2-26-31(38)6-3-20-9-24(44)11-28(33(20)26)27-13-32-29(12-30(27)37)34(42-14-21-4-5-22(15-42)39-21)41-35(40-32)46-19-36(7-8-36)18-43-16-25-10-23(43)17-45-25/h1,3,6,9,11-13,21-23,25,39,44H,4-5,7-8,10,14-19H2/t21?,22?,23-,25-/m1/s1. The first-order chi connectivity index (χ1) is 22.3. The van der Waals surface area contributed by atoms with Crippen LogP contribution in [0.4, 0.5) is 10.2 Å². The van der Waals surface area contributed by atoms with E-state index in [9.17, 15) is 9.50 Å². The van der Waals surface area contributed by atoms with Crippen molar-refractivity contribution < 1.29 is 19.0 Å². The summed E-state index contributed by atoms with van der Waals surface area (Å²) in [6.07, 6.45) is 11.8. The highest BCUT2D eigenvalue weighted by molar-refractivity contribution is 6.35. The van der Waals surface area contributed by atoms with E-state index in [4.69, 9.17) is 37.5 Å². The van der Waals surface area contributed by atoms with E-state index in [0.717, 1.165) is 76.1 Å². The second-order valence-corrected chi connectivity index (χ2v) is 14.4. The number of fused-ring (bicyclic) bond motifs is 6. The summed E-state index contributed by atoms with van der Waals surface area (Å²) < 4.78 is 27.2. The molecule has 1 aliphatic carbocycles. The van der Waals surface area contributed by atoms with Crippen LogP contribution in [0.2, 0.25) is 5.02 Å². The number of piperazine rings is 1. The lowest BCUT2D eigenvalue weighted by molar-refractivity contribution is 0.0176. The molecule has 4 bridgehead atoms. The molecule has 2 unspecified atom stereocenters. The van der Waals surface area contributed by atoms with Gasteiger partial charge in [0.05, 0.1) is 30.4 Å². The predicted octanol–water partition coefficient (Wildman–Crippen LogP) is 5.50. The van der Waals surface area contributed by atoms with Gasteiger partial charge in [0.15, 0.2) is 0 Å². The molecule has 8 nitrogen and oxygen atoms in total. The fourth-order valence-electron chi connectivity index (χ4n) is 8.22. The quantitative estimate of drug-likeness (QED) is 0.257. The van der Waals surface area contributed by atoms with Gasteiger partial charge >= 0.3 is 6.01 Å². The molecule has 236 valence electrons. The van der Waals surface area contributed by atoms with Gasteiger partial charge < -0.3 is 24.8 Å². The molecule has 1 saturated carbocycles. The summed E-state index contributed by atoms with van der Waals surface area (Å²) in [5, 5.41) is 16.8. The highest BCUT2D eigenvalue weighted by Gasteiger charge is 2.49. The van der Waals surface area contributed by atoms with Gasteiger partial charge in [0.2, 0.25) is 0 Å². The van der Waals surface area contributed by atoms with Crippen LogP contribution in [-0.4, -0.2) is 83.6 Å². The van der Waals surface area contributed by atoms with Crippen molar-refractivity contribution >= 4 is 39.1 Å². The van der Waals surface area contributed by atoms with Gasteiger partial charge in [-0.3, -0.25) is 4.90 Å². The fraction of sp³-hybridized carbons (Fsp3) is 0.444. The molecule has 0 spiro atoms. The van der Waals surface area contributed by atoms with Crippen molar-refractivity contribution in [3.05, 3.63) is 52.8 Å². The molecule has 46 heavy (non-hydrogen) atoms. The summed E-state index contributed by atoms with van der Waals surface area (Å²) in [5.74, 6) is 2.84. The number of halogens is 2. The average Bonchev–Trinajstić information content (AvgIpc) is 3.31. The van der Waals surface area contributed by atoms with Gasteiger partial charge in [0.1, 0.15) is 17.4 Å². The Bertz CT molecular complexity index is 1930. The smallest absolute Gasteiger partial charge is 0.318 e. The highest BCUT2D eigenvalue weighted by atomic mass is 35.5. The van der Waals surface area contributed by atoms with Crippen LogP contribution in [0.25, 0.3) is 32.8 Å². The van der Waals surface area contributed by atoms with Gasteiger partial charge in [-0.25, -0.2) is 4.39 Å². The summed E-state index contributed by atoms with van der Waals surface area (Å²) in [6.45, 7) is 5.09. The van der Waals surface area contributed by atoms with Crippen molar-refractivity contribution in [3.63, 3.8) is 0 Å². The Morgan fingerprint density at radius 3 is 2.65 bits per heavy atom. The van der Waals surface area contributed by atoms with Crippen LogP contribution in [0, 0.1) is 23.6 Å². The maximum atomic E-state index is 14.9. The molecule has 4 aromatic rings. The number of aromatic hydroxyl groups is 1. The number of rotatable bonds is 7. The topological polar surface area (TPSA) is 83.0 Å². The van der Waals surface area contributed by atoms with Crippen molar-refractivity contribution in [1.29, 1.82) is 0 Å². The van der Waals surface area contributed by atoms with Crippen LogP contribution >= 0.6 is 11.6 Å². The number of phenols is 1. The van der Waals surface area contributed by atoms with Crippen molar-refractivity contribution in [2.24, 2.45) is 5.41 Å². The Kier molecular flexibility index (Phi) is 6.62. The first-order valence-electron chi connectivity index (χ1n) is 16.3. The lowest BCUT2D eigenvalue weighted by Crippen LogP contribution is -2.51. The molecule has 9 rings (SSSR count). The van der Waals surface area contributed by atoms with Crippen LogP contribution in [-0.2, 0) is 4.74 Å². The second kappa shape index (κ2) is 10.7. The van der Waals surface area contributed by atoms with Crippen LogP contribution in [0.3, 0.4) is 0 Å². The number of aromatic nitrogens is 2. The molecule has 2 N–H and O–H groups in total. The molecule has 5 fully saturated rings. The van der Waals surface area contributed by atoms with Gasteiger partial charge in [0, 0.05) is 71.1 Å². The molecular weight excluding hydrogens is 605 g/mol. The number of nitrogens with one attached hydrogen (secondary N) is 1. The monoisotopic (exact) mass is 639 g/mol. The van der Waals surface area contributed by atoms with Gasteiger partial charge in [-0.15, -0.1) is 6.42 Å². The Hall–Kier alpha value is -3.68. The maximum absolute atomic E-state index is 14.9. The third kappa shape index (κ3) is 4.85.